The average molecular weight is 300 g/mol. The summed E-state index contributed by atoms with van der Waals surface area (Å²) in [5, 5.41) is 10.0. The van der Waals surface area contributed by atoms with Gasteiger partial charge in [0.15, 0.2) is 5.60 Å². The lowest BCUT2D eigenvalue weighted by Gasteiger charge is -2.22. The summed E-state index contributed by atoms with van der Waals surface area (Å²) in [6.07, 6.45) is 11.5. The molecule has 0 bridgehead atoms. The molecule has 5 heteroatoms. The highest BCUT2D eigenvalue weighted by Gasteiger charge is 2.34. The zero-order valence-electron chi connectivity index (χ0n) is 13.4. The molecule has 0 aliphatic rings. The average Bonchev–Trinajstić information content (AvgIpc) is 2.40. The number of hydrogen-bond acceptors (Lipinski definition) is 3. The molecule has 0 radical (unpaired) electrons. The van der Waals surface area contributed by atoms with Crippen LogP contribution in [0.15, 0.2) is 0 Å². The molecule has 5 N–H and O–H groups in total. The molecular formula is C16H32N2O3. The van der Waals surface area contributed by atoms with Crippen LogP contribution in [0.25, 0.3) is 0 Å². The van der Waals surface area contributed by atoms with Crippen LogP contribution in [-0.2, 0) is 9.59 Å². The van der Waals surface area contributed by atoms with Gasteiger partial charge in [-0.05, 0) is 6.42 Å². The van der Waals surface area contributed by atoms with Crippen molar-refractivity contribution in [1.29, 1.82) is 0 Å². The quantitative estimate of drug-likeness (QED) is 0.429. The molecule has 0 aromatic heterocycles. The Kier molecular flexibility index (Phi) is 10.9. The molecule has 0 saturated heterocycles. The number of primary amides is 2. The highest BCUT2D eigenvalue weighted by atomic mass is 16.3. The first-order valence-corrected chi connectivity index (χ1v) is 8.23. The van der Waals surface area contributed by atoms with Gasteiger partial charge in [-0.25, -0.2) is 0 Å². The Morgan fingerprint density at radius 2 is 1.29 bits per heavy atom. The van der Waals surface area contributed by atoms with Crippen LogP contribution in [-0.4, -0.2) is 22.5 Å². The number of hydrogen-bond donors (Lipinski definition) is 3. The van der Waals surface area contributed by atoms with Gasteiger partial charge in [0.1, 0.15) is 0 Å². The first kappa shape index (κ1) is 19.9. The van der Waals surface area contributed by atoms with Crippen molar-refractivity contribution in [3.63, 3.8) is 0 Å². The minimum absolute atomic E-state index is 0.210. The van der Waals surface area contributed by atoms with Crippen molar-refractivity contribution in [3.8, 4) is 0 Å². The Morgan fingerprint density at radius 1 is 0.857 bits per heavy atom. The van der Waals surface area contributed by atoms with E-state index >= 15 is 0 Å². The normalized spacial score (nSPS) is 13.8. The van der Waals surface area contributed by atoms with E-state index in [9.17, 15) is 14.7 Å². The molecule has 1 atom stereocenters. The lowest BCUT2D eigenvalue weighted by molar-refractivity contribution is -0.142. The Labute approximate surface area is 128 Å². The molecule has 1 unspecified atom stereocenters. The Hall–Kier alpha value is -1.10. The van der Waals surface area contributed by atoms with E-state index in [1.54, 1.807) is 0 Å². The molecule has 0 spiro atoms. The lowest BCUT2D eigenvalue weighted by Crippen LogP contribution is -2.46. The highest BCUT2D eigenvalue weighted by Crippen LogP contribution is 2.20. The molecule has 0 aliphatic heterocycles. The minimum atomic E-state index is -1.77. The Morgan fingerprint density at radius 3 is 1.67 bits per heavy atom. The summed E-state index contributed by atoms with van der Waals surface area (Å²) in [7, 11) is 0. The predicted molar refractivity (Wildman–Crippen MR) is 84.4 cm³/mol. The van der Waals surface area contributed by atoms with Gasteiger partial charge in [-0.2, -0.15) is 0 Å². The number of carbonyl (C=O) groups excluding carboxylic acids is 2. The molecule has 0 aliphatic carbocycles. The van der Waals surface area contributed by atoms with Crippen molar-refractivity contribution in [1.82, 2.24) is 0 Å². The van der Waals surface area contributed by atoms with E-state index in [1.165, 1.54) is 44.9 Å². The molecule has 124 valence electrons. The van der Waals surface area contributed by atoms with Crippen LogP contribution in [0.5, 0.6) is 0 Å². The Bertz CT molecular complexity index is 308. The van der Waals surface area contributed by atoms with E-state index in [1.807, 2.05) is 0 Å². The first-order chi connectivity index (χ1) is 9.92. The SMILES string of the molecule is CCCCCCCCCCCCC(O)(CC(N)=O)C(N)=O. The topological polar surface area (TPSA) is 106 Å². The summed E-state index contributed by atoms with van der Waals surface area (Å²) >= 11 is 0. The number of amides is 2. The number of nitrogens with two attached hydrogens (primary N) is 2. The fourth-order valence-corrected chi connectivity index (χ4v) is 2.49. The maximum absolute atomic E-state index is 11.2. The van der Waals surface area contributed by atoms with Crippen molar-refractivity contribution in [2.45, 2.75) is 89.6 Å². The van der Waals surface area contributed by atoms with E-state index in [0.29, 0.717) is 6.42 Å². The standard InChI is InChI=1S/C16H32N2O3/c1-2-3-4-5-6-7-8-9-10-11-12-16(21,15(18)20)13-14(17)19/h21H,2-13H2,1H3,(H2,17,19)(H2,18,20). The molecule has 0 aromatic rings. The van der Waals surface area contributed by atoms with E-state index in [4.69, 9.17) is 11.5 Å². The monoisotopic (exact) mass is 300 g/mol. The Balaban J connectivity index is 3.64. The van der Waals surface area contributed by atoms with Gasteiger partial charge >= 0.3 is 0 Å². The molecule has 2 amide bonds. The van der Waals surface area contributed by atoms with E-state index in [2.05, 4.69) is 6.92 Å². The zero-order chi connectivity index (χ0) is 16.1. The number of unbranched alkanes of at least 4 members (excludes halogenated alkanes) is 9. The van der Waals surface area contributed by atoms with Crippen LogP contribution in [0.2, 0.25) is 0 Å². The summed E-state index contributed by atoms with van der Waals surface area (Å²) in [5.41, 5.74) is 8.40. The molecule has 5 nitrogen and oxygen atoms in total. The van der Waals surface area contributed by atoms with Gasteiger partial charge in [-0.1, -0.05) is 71.1 Å². The molecule has 0 heterocycles. The van der Waals surface area contributed by atoms with Crippen molar-refractivity contribution in [3.05, 3.63) is 0 Å². The molecule has 0 saturated carbocycles. The lowest BCUT2D eigenvalue weighted by atomic mass is 9.91. The van der Waals surface area contributed by atoms with E-state index in [0.717, 1.165) is 12.8 Å². The van der Waals surface area contributed by atoms with Crippen LogP contribution in [0.3, 0.4) is 0 Å². The number of carbonyl (C=O) groups is 2. The predicted octanol–water partition coefficient (Wildman–Crippen LogP) is 2.39. The second-order valence-electron chi connectivity index (χ2n) is 5.97. The van der Waals surface area contributed by atoms with Crippen LogP contribution in [0.4, 0.5) is 0 Å². The van der Waals surface area contributed by atoms with E-state index < -0.39 is 17.4 Å². The third kappa shape index (κ3) is 10.3. The largest absolute Gasteiger partial charge is 0.379 e. The molecule has 0 rings (SSSR count). The second kappa shape index (κ2) is 11.5. The number of aliphatic hydroxyl groups is 1. The van der Waals surface area contributed by atoms with Crippen LogP contribution < -0.4 is 11.5 Å². The third-order valence-corrected chi connectivity index (χ3v) is 3.87. The van der Waals surface area contributed by atoms with Gasteiger partial charge in [0.05, 0.1) is 6.42 Å². The minimum Gasteiger partial charge on any atom is -0.379 e. The summed E-state index contributed by atoms with van der Waals surface area (Å²) < 4.78 is 0. The smallest absolute Gasteiger partial charge is 0.249 e. The van der Waals surface area contributed by atoms with Crippen molar-refractivity contribution < 1.29 is 14.7 Å². The molecule has 21 heavy (non-hydrogen) atoms. The van der Waals surface area contributed by atoms with Gasteiger partial charge in [0.2, 0.25) is 11.8 Å². The molecular weight excluding hydrogens is 268 g/mol. The maximum Gasteiger partial charge on any atom is 0.249 e. The van der Waals surface area contributed by atoms with E-state index in [-0.39, 0.29) is 12.8 Å². The van der Waals surface area contributed by atoms with Crippen LogP contribution >= 0.6 is 0 Å². The summed E-state index contributed by atoms with van der Waals surface area (Å²) in [4.78, 5) is 22.1. The zero-order valence-corrected chi connectivity index (χ0v) is 13.4. The van der Waals surface area contributed by atoms with Gasteiger partial charge in [0.25, 0.3) is 0 Å². The number of rotatable bonds is 14. The first-order valence-electron chi connectivity index (χ1n) is 8.23. The van der Waals surface area contributed by atoms with Gasteiger partial charge in [-0.3, -0.25) is 9.59 Å². The van der Waals surface area contributed by atoms with Gasteiger partial charge in [-0.15, -0.1) is 0 Å². The van der Waals surface area contributed by atoms with Crippen LogP contribution in [0, 0.1) is 0 Å². The second-order valence-corrected chi connectivity index (χ2v) is 5.97. The van der Waals surface area contributed by atoms with Gasteiger partial charge < -0.3 is 16.6 Å². The summed E-state index contributed by atoms with van der Waals surface area (Å²) in [5.74, 6) is -1.57. The maximum atomic E-state index is 11.2. The molecule has 0 fully saturated rings. The summed E-state index contributed by atoms with van der Waals surface area (Å²) in [6.45, 7) is 2.21. The van der Waals surface area contributed by atoms with Crippen molar-refractivity contribution in [2.75, 3.05) is 0 Å². The highest BCUT2D eigenvalue weighted by molar-refractivity contribution is 5.89. The summed E-state index contributed by atoms with van der Waals surface area (Å²) in [6, 6.07) is 0. The van der Waals surface area contributed by atoms with Crippen molar-refractivity contribution in [2.24, 2.45) is 11.5 Å². The molecule has 0 aromatic carbocycles. The fourth-order valence-electron chi connectivity index (χ4n) is 2.49. The third-order valence-electron chi connectivity index (χ3n) is 3.87. The van der Waals surface area contributed by atoms with Crippen molar-refractivity contribution >= 4 is 11.8 Å². The van der Waals surface area contributed by atoms with Crippen LogP contribution in [0.1, 0.15) is 84.0 Å². The fraction of sp³-hybridized carbons (Fsp3) is 0.875. The van der Waals surface area contributed by atoms with Gasteiger partial charge in [0, 0.05) is 0 Å².